The van der Waals surface area contributed by atoms with Crippen molar-refractivity contribution in [2.75, 3.05) is 33.4 Å². The maximum Gasteiger partial charge on any atom is 0.260 e. The summed E-state index contributed by atoms with van der Waals surface area (Å²) in [5.74, 6) is 1.44. The summed E-state index contributed by atoms with van der Waals surface area (Å²) in [5, 5.41) is 3.58. The molecule has 8 heteroatoms. The maximum absolute atomic E-state index is 12.3. The highest BCUT2D eigenvalue weighted by Gasteiger charge is 2.24. The molecule has 1 heterocycles. The SMILES string of the molecule is COc1ccccc1OCC(=O)NC1CCN(C(=O)COc2ccc(Cl)cc2)CC1. The number of amides is 2. The number of nitrogens with one attached hydrogen (secondary N) is 1. The van der Waals surface area contributed by atoms with Gasteiger partial charge in [0.2, 0.25) is 0 Å². The van der Waals surface area contributed by atoms with E-state index in [9.17, 15) is 9.59 Å². The second kappa shape index (κ2) is 10.7. The van der Waals surface area contributed by atoms with Crippen LogP contribution in [0.4, 0.5) is 0 Å². The van der Waals surface area contributed by atoms with Gasteiger partial charge < -0.3 is 24.4 Å². The third-order valence-corrected chi connectivity index (χ3v) is 5.07. The summed E-state index contributed by atoms with van der Waals surface area (Å²) in [4.78, 5) is 26.3. The molecule has 2 aromatic rings. The number of para-hydroxylation sites is 2. The first-order chi connectivity index (χ1) is 14.5. The highest BCUT2D eigenvalue weighted by atomic mass is 35.5. The van der Waals surface area contributed by atoms with Crippen molar-refractivity contribution in [2.24, 2.45) is 0 Å². The molecule has 1 saturated heterocycles. The average molecular weight is 433 g/mol. The van der Waals surface area contributed by atoms with E-state index in [0.29, 0.717) is 48.2 Å². The third-order valence-electron chi connectivity index (χ3n) is 4.82. The molecule has 0 bridgehead atoms. The summed E-state index contributed by atoms with van der Waals surface area (Å²) in [7, 11) is 1.55. The lowest BCUT2D eigenvalue weighted by Crippen LogP contribution is -2.48. The highest BCUT2D eigenvalue weighted by molar-refractivity contribution is 6.30. The van der Waals surface area contributed by atoms with Crippen molar-refractivity contribution < 1.29 is 23.8 Å². The van der Waals surface area contributed by atoms with Gasteiger partial charge in [0.15, 0.2) is 24.7 Å². The summed E-state index contributed by atoms with van der Waals surface area (Å²) in [6, 6.07) is 14.1. The molecular weight excluding hydrogens is 408 g/mol. The Bertz CT molecular complexity index is 851. The Kier molecular flexibility index (Phi) is 7.79. The van der Waals surface area contributed by atoms with E-state index in [1.165, 1.54) is 0 Å². The molecular formula is C22H25ClN2O5. The van der Waals surface area contributed by atoms with E-state index >= 15 is 0 Å². The number of carbonyl (C=O) groups is 2. The van der Waals surface area contributed by atoms with Gasteiger partial charge in [-0.2, -0.15) is 0 Å². The molecule has 3 rings (SSSR count). The minimum Gasteiger partial charge on any atom is -0.493 e. The van der Waals surface area contributed by atoms with Gasteiger partial charge in [0, 0.05) is 24.2 Å². The van der Waals surface area contributed by atoms with Crippen LogP contribution >= 0.6 is 11.6 Å². The number of halogens is 1. The topological polar surface area (TPSA) is 77.1 Å². The molecule has 160 valence electrons. The number of likely N-dealkylation sites (tertiary alicyclic amines) is 1. The molecule has 0 saturated carbocycles. The van der Waals surface area contributed by atoms with Crippen molar-refractivity contribution in [3.8, 4) is 17.2 Å². The lowest BCUT2D eigenvalue weighted by atomic mass is 10.1. The predicted molar refractivity (Wildman–Crippen MR) is 113 cm³/mol. The van der Waals surface area contributed by atoms with Crippen molar-refractivity contribution >= 4 is 23.4 Å². The standard InChI is InChI=1S/C22H25ClN2O5/c1-28-19-4-2-3-5-20(19)30-14-21(26)24-17-10-12-25(13-11-17)22(27)15-29-18-8-6-16(23)7-9-18/h2-9,17H,10-15H2,1H3,(H,24,26). The molecule has 0 spiro atoms. The third kappa shape index (κ3) is 6.29. The van der Waals surface area contributed by atoms with Gasteiger partial charge in [-0.3, -0.25) is 9.59 Å². The number of carbonyl (C=O) groups excluding carboxylic acids is 2. The Labute approximate surface area is 180 Å². The first-order valence-electron chi connectivity index (χ1n) is 9.76. The zero-order valence-corrected chi connectivity index (χ0v) is 17.6. The quantitative estimate of drug-likeness (QED) is 0.694. The van der Waals surface area contributed by atoms with Gasteiger partial charge in [0.05, 0.1) is 7.11 Å². The second-order valence-electron chi connectivity index (χ2n) is 6.90. The van der Waals surface area contributed by atoms with Crippen LogP contribution in [-0.4, -0.2) is 56.2 Å². The van der Waals surface area contributed by atoms with Gasteiger partial charge in [-0.15, -0.1) is 0 Å². The molecule has 1 aliphatic heterocycles. The normalized spacial score (nSPS) is 14.1. The molecule has 7 nitrogen and oxygen atoms in total. The molecule has 0 radical (unpaired) electrons. The number of hydrogen-bond acceptors (Lipinski definition) is 5. The van der Waals surface area contributed by atoms with Crippen LogP contribution in [0, 0.1) is 0 Å². The molecule has 30 heavy (non-hydrogen) atoms. The van der Waals surface area contributed by atoms with Crippen molar-refractivity contribution in [3.05, 3.63) is 53.6 Å². The first-order valence-corrected chi connectivity index (χ1v) is 10.1. The number of hydrogen-bond donors (Lipinski definition) is 1. The van der Waals surface area contributed by atoms with E-state index in [2.05, 4.69) is 5.32 Å². The zero-order valence-electron chi connectivity index (χ0n) is 16.8. The summed E-state index contributed by atoms with van der Waals surface area (Å²) in [6.07, 6.45) is 1.38. The Hall–Kier alpha value is -2.93. The van der Waals surface area contributed by atoms with E-state index in [-0.39, 0.29) is 31.1 Å². The largest absolute Gasteiger partial charge is 0.493 e. The van der Waals surface area contributed by atoms with Crippen molar-refractivity contribution in [2.45, 2.75) is 18.9 Å². The van der Waals surface area contributed by atoms with Crippen molar-refractivity contribution in [3.63, 3.8) is 0 Å². The van der Waals surface area contributed by atoms with Crippen LogP contribution in [0.25, 0.3) is 0 Å². The van der Waals surface area contributed by atoms with E-state index in [1.54, 1.807) is 48.4 Å². The van der Waals surface area contributed by atoms with Gasteiger partial charge in [-0.05, 0) is 49.2 Å². The number of methoxy groups -OCH3 is 1. The molecule has 0 aromatic heterocycles. The smallest absolute Gasteiger partial charge is 0.260 e. The number of ether oxygens (including phenoxy) is 3. The molecule has 2 amide bonds. The highest BCUT2D eigenvalue weighted by Crippen LogP contribution is 2.25. The zero-order chi connectivity index (χ0) is 21.3. The van der Waals surface area contributed by atoms with Gasteiger partial charge in [0.25, 0.3) is 11.8 Å². The van der Waals surface area contributed by atoms with Crippen LogP contribution < -0.4 is 19.5 Å². The molecule has 1 fully saturated rings. The predicted octanol–water partition coefficient (Wildman–Crippen LogP) is 2.91. The number of rotatable bonds is 8. The molecule has 2 aromatic carbocycles. The summed E-state index contributed by atoms with van der Waals surface area (Å²) >= 11 is 5.84. The van der Waals surface area contributed by atoms with Crippen LogP contribution in [-0.2, 0) is 9.59 Å². The van der Waals surface area contributed by atoms with Gasteiger partial charge in [0.1, 0.15) is 5.75 Å². The fraction of sp³-hybridized carbons (Fsp3) is 0.364. The van der Waals surface area contributed by atoms with Gasteiger partial charge in [-0.1, -0.05) is 23.7 Å². The van der Waals surface area contributed by atoms with Gasteiger partial charge in [-0.25, -0.2) is 0 Å². The molecule has 1 aliphatic rings. The number of piperidine rings is 1. The van der Waals surface area contributed by atoms with E-state index < -0.39 is 0 Å². The minimum absolute atomic E-state index is 0.0139. The van der Waals surface area contributed by atoms with E-state index in [0.717, 1.165) is 0 Å². The fourth-order valence-electron chi connectivity index (χ4n) is 3.19. The van der Waals surface area contributed by atoms with Gasteiger partial charge >= 0.3 is 0 Å². The lowest BCUT2D eigenvalue weighted by molar-refractivity contribution is -0.134. The van der Waals surface area contributed by atoms with Crippen LogP contribution in [0.3, 0.4) is 0 Å². The Balaban J connectivity index is 1.36. The van der Waals surface area contributed by atoms with Crippen LogP contribution in [0.15, 0.2) is 48.5 Å². The second-order valence-corrected chi connectivity index (χ2v) is 7.34. The molecule has 0 unspecified atom stereocenters. The Morgan fingerprint density at radius 2 is 1.67 bits per heavy atom. The Morgan fingerprint density at radius 3 is 2.33 bits per heavy atom. The minimum atomic E-state index is -0.197. The first kappa shape index (κ1) is 21.8. The summed E-state index contributed by atoms with van der Waals surface area (Å²) in [5.41, 5.74) is 0. The van der Waals surface area contributed by atoms with Crippen LogP contribution in [0.1, 0.15) is 12.8 Å². The van der Waals surface area contributed by atoms with Crippen LogP contribution in [0.2, 0.25) is 5.02 Å². The molecule has 0 atom stereocenters. The fourth-order valence-corrected chi connectivity index (χ4v) is 3.32. The lowest BCUT2D eigenvalue weighted by Gasteiger charge is -2.32. The number of benzene rings is 2. The molecule has 0 aliphatic carbocycles. The van der Waals surface area contributed by atoms with E-state index in [4.69, 9.17) is 25.8 Å². The molecule has 1 N–H and O–H groups in total. The summed E-state index contributed by atoms with van der Waals surface area (Å²) in [6.45, 7) is 1.03. The van der Waals surface area contributed by atoms with Crippen molar-refractivity contribution in [1.29, 1.82) is 0 Å². The summed E-state index contributed by atoms with van der Waals surface area (Å²) < 4.78 is 16.3. The monoisotopic (exact) mass is 432 g/mol. The number of nitrogens with zero attached hydrogens (tertiary/aromatic N) is 1. The Morgan fingerprint density at radius 1 is 1.00 bits per heavy atom. The maximum atomic E-state index is 12.3. The average Bonchev–Trinajstić information content (AvgIpc) is 2.77. The van der Waals surface area contributed by atoms with Crippen LogP contribution in [0.5, 0.6) is 17.2 Å². The van der Waals surface area contributed by atoms with Crippen molar-refractivity contribution in [1.82, 2.24) is 10.2 Å². The van der Waals surface area contributed by atoms with E-state index in [1.807, 2.05) is 12.1 Å².